The molecule has 144 valence electrons. The summed E-state index contributed by atoms with van der Waals surface area (Å²) in [5.74, 6) is 1.49. The van der Waals surface area contributed by atoms with Crippen LogP contribution in [0.25, 0.3) is 5.82 Å². The average molecular weight is 387 g/mol. The van der Waals surface area contributed by atoms with Gasteiger partial charge in [-0.1, -0.05) is 0 Å². The van der Waals surface area contributed by atoms with E-state index in [0.29, 0.717) is 28.8 Å². The Labute approximate surface area is 166 Å². The minimum Gasteiger partial charge on any atom is -0.481 e. The molecule has 0 atom stereocenters. The van der Waals surface area contributed by atoms with Gasteiger partial charge in [0.15, 0.2) is 0 Å². The van der Waals surface area contributed by atoms with Gasteiger partial charge in [-0.2, -0.15) is 0 Å². The van der Waals surface area contributed by atoms with Crippen LogP contribution in [-0.2, 0) is 0 Å². The Kier molecular flexibility index (Phi) is 5.10. The lowest BCUT2D eigenvalue weighted by Gasteiger charge is -2.09. The lowest BCUT2D eigenvalue weighted by Crippen LogP contribution is -2.12. The molecular weight excluding hydrogens is 370 g/mol. The molecule has 0 aliphatic heterocycles. The maximum absolute atomic E-state index is 12.4. The van der Waals surface area contributed by atoms with Gasteiger partial charge < -0.3 is 15.4 Å². The van der Waals surface area contributed by atoms with Gasteiger partial charge in [0.25, 0.3) is 5.91 Å². The SMILES string of the molecule is COc1cc(C(=O)Nc2ccc(Nc3cc(-n4ccnc4)ncn3)cc2)ccn1. The summed E-state index contributed by atoms with van der Waals surface area (Å²) in [6.07, 6.45) is 8.17. The summed E-state index contributed by atoms with van der Waals surface area (Å²) < 4.78 is 6.84. The quantitative estimate of drug-likeness (QED) is 0.523. The van der Waals surface area contributed by atoms with Gasteiger partial charge in [0, 0.05) is 47.7 Å². The molecule has 4 rings (SSSR count). The van der Waals surface area contributed by atoms with E-state index in [0.717, 1.165) is 5.69 Å². The van der Waals surface area contributed by atoms with Gasteiger partial charge in [-0.15, -0.1) is 0 Å². The van der Waals surface area contributed by atoms with Crippen molar-refractivity contribution in [2.24, 2.45) is 0 Å². The highest BCUT2D eigenvalue weighted by Gasteiger charge is 2.08. The Morgan fingerprint density at radius 3 is 2.59 bits per heavy atom. The fourth-order valence-corrected chi connectivity index (χ4v) is 2.60. The third-order valence-corrected chi connectivity index (χ3v) is 4.04. The number of methoxy groups -OCH3 is 1. The molecule has 0 unspecified atom stereocenters. The first-order valence-electron chi connectivity index (χ1n) is 8.70. The van der Waals surface area contributed by atoms with Crippen LogP contribution in [0.15, 0.2) is 73.7 Å². The number of amides is 1. The third kappa shape index (κ3) is 4.35. The summed E-state index contributed by atoms with van der Waals surface area (Å²) in [7, 11) is 1.51. The van der Waals surface area contributed by atoms with Crippen LogP contribution in [0.2, 0.25) is 0 Å². The van der Waals surface area contributed by atoms with E-state index >= 15 is 0 Å². The number of rotatable bonds is 6. The third-order valence-electron chi connectivity index (χ3n) is 4.04. The van der Waals surface area contributed by atoms with Crippen molar-refractivity contribution in [1.82, 2.24) is 24.5 Å². The minimum atomic E-state index is -0.243. The first-order chi connectivity index (χ1) is 14.2. The van der Waals surface area contributed by atoms with Gasteiger partial charge in [0.2, 0.25) is 5.88 Å². The molecule has 0 fully saturated rings. The lowest BCUT2D eigenvalue weighted by atomic mass is 10.2. The Morgan fingerprint density at radius 1 is 1.00 bits per heavy atom. The number of nitrogens with zero attached hydrogens (tertiary/aromatic N) is 5. The van der Waals surface area contributed by atoms with Gasteiger partial charge in [0.1, 0.15) is 24.3 Å². The standard InChI is InChI=1S/C20H17N7O2/c1-29-19-10-14(6-7-22-19)20(28)26-16-4-2-15(3-5-16)25-17-11-18(24-12-23-17)27-9-8-21-13-27/h2-13H,1H3,(H,26,28)(H,23,24,25). The second-order valence-electron chi connectivity index (χ2n) is 5.97. The molecule has 4 aromatic rings. The normalized spacial score (nSPS) is 10.4. The summed E-state index contributed by atoms with van der Waals surface area (Å²) in [6, 6.07) is 12.3. The number of benzene rings is 1. The van der Waals surface area contributed by atoms with E-state index in [4.69, 9.17) is 4.74 Å². The van der Waals surface area contributed by atoms with E-state index in [1.807, 2.05) is 24.4 Å². The zero-order valence-electron chi connectivity index (χ0n) is 15.5. The monoisotopic (exact) mass is 387 g/mol. The zero-order chi connectivity index (χ0) is 20.1. The van der Waals surface area contributed by atoms with Crippen LogP contribution in [-0.4, -0.2) is 37.5 Å². The Bertz CT molecular complexity index is 1110. The molecule has 0 radical (unpaired) electrons. The van der Waals surface area contributed by atoms with Crippen molar-refractivity contribution in [3.05, 3.63) is 79.3 Å². The Morgan fingerprint density at radius 2 is 1.83 bits per heavy atom. The molecule has 3 heterocycles. The number of ether oxygens (including phenoxy) is 1. The molecule has 0 bridgehead atoms. The van der Waals surface area contributed by atoms with Crippen LogP contribution in [0.1, 0.15) is 10.4 Å². The van der Waals surface area contributed by atoms with Crippen LogP contribution >= 0.6 is 0 Å². The van der Waals surface area contributed by atoms with E-state index in [9.17, 15) is 4.79 Å². The number of carbonyl (C=O) groups excluding carboxylic acids is 1. The summed E-state index contributed by atoms with van der Waals surface area (Å²) in [5.41, 5.74) is 1.95. The number of aromatic nitrogens is 5. The highest BCUT2D eigenvalue weighted by Crippen LogP contribution is 2.19. The largest absolute Gasteiger partial charge is 0.481 e. The molecule has 0 aliphatic carbocycles. The van der Waals surface area contributed by atoms with Gasteiger partial charge in [-0.25, -0.2) is 19.9 Å². The maximum Gasteiger partial charge on any atom is 0.255 e. The van der Waals surface area contributed by atoms with Crippen LogP contribution < -0.4 is 15.4 Å². The van der Waals surface area contributed by atoms with Crippen molar-refractivity contribution in [2.45, 2.75) is 0 Å². The molecule has 0 saturated carbocycles. The van der Waals surface area contributed by atoms with Crippen molar-refractivity contribution < 1.29 is 9.53 Å². The molecule has 2 N–H and O–H groups in total. The molecule has 1 amide bonds. The van der Waals surface area contributed by atoms with E-state index in [1.165, 1.54) is 19.6 Å². The molecule has 9 heteroatoms. The van der Waals surface area contributed by atoms with Gasteiger partial charge in [-0.3, -0.25) is 9.36 Å². The predicted octanol–water partition coefficient (Wildman–Crippen LogP) is 3.06. The van der Waals surface area contributed by atoms with Crippen molar-refractivity contribution in [2.75, 3.05) is 17.7 Å². The summed E-state index contributed by atoms with van der Waals surface area (Å²) in [5, 5.41) is 6.05. The number of carbonyl (C=O) groups is 1. The summed E-state index contributed by atoms with van der Waals surface area (Å²) in [4.78, 5) is 28.8. The lowest BCUT2D eigenvalue weighted by molar-refractivity contribution is 0.102. The van der Waals surface area contributed by atoms with Crippen molar-refractivity contribution in [3.63, 3.8) is 0 Å². The fraction of sp³-hybridized carbons (Fsp3) is 0.0500. The van der Waals surface area contributed by atoms with Crippen LogP contribution in [0, 0.1) is 0 Å². The Balaban J connectivity index is 1.43. The molecule has 9 nitrogen and oxygen atoms in total. The number of imidazole rings is 1. The van der Waals surface area contributed by atoms with E-state index in [-0.39, 0.29) is 5.91 Å². The molecule has 29 heavy (non-hydrogen) atoms. The average Bonchev–Trinajstić information content (AvgIpc) is 3.30. The predicted molar refractivity (Wildman–Crippen MR) is 108 cm³/mol. The van der Waals surface area contributed by atoms with Crippen LogP contribution in [0.3, 0.4) is 0 Å². The smallest absolute Gasteiger partial charge is 0.255 e. The number of anilines is 3. The second-order valence-corrected chi connectivity index (χ2v) is 5.97. The molecule has 0 spiro atoms. The summed E-state index contributed by atoms with van der Waals surface area (Å²) >= 11 is 0. The van der Waals surface area contributed by atoms with Crippen molar-refractivity contribution >= 4 is 23.1 Å². The van der Waals surface area contributed by atoms with Crippen molar-refractivity contribution in [1.29, 1.82) is 0 Å². The zero-order valence-corrected chi connectivity index (χ0v) is 15.5. The highest BCUT2D eigenvalue weighted by atomic mass is 16.5. The van der Waals surface area contributed by atoms with Gasteiger partial charge >= 0.3 is 0 Å². The molecular formula is C20H17N7O2. The number of hydrogen-bond acceptors (Lipinski definition) is 7. The van der Waals surface area contributed by atoms with Crippen molar-refractivity contribution in [3.8, 4) is 11.7 Å². The number of nitrogens with one attached hydrogen (secondary N) is 2. The first kappa shape index (κ1) is 18.1. The maximum atomic E-state index is 12.4. The number of hydrogen-bond donors (Lipinski definition) is 2. The van der Waals surface area contributed by atoms with Crippen LogP contribution in [0.4, 0.5) is 17.2 Å². The van der Waals surface area contributed by atoms with E-state index < -0.39 is 0 Å². The highest BCUT2D eigenvalue weighted by molar-refractivity contribution is 6.04. The molecule has 3 aromatic heterocycles. The first-order valence-corrected chi connectivity index (χ1v) is 8.70. The molecule has 1 aromatic carbocycles. The topological polar surface area (TPSA) is 107 Å². The van der Waals surface area contributed by atoms with Gasteiger partial charge in [0.05, 0.1) is 7.11 Å². The molecule has 0 saturated heterocycles. The van der Waals surface area contributed by atoms with E-state index in [1.54, 1.807) is 41.4 Å². The minimum absolute atomic E-state index is 0.243. The Hall–Kier alpha value is -4.27. The number of pyridine rings is 1. The summed E-state index contributed by atoms with van der Waals surface area (Å²) in [6.45, 7) is 0. The molecule has 0 aliphatic rings. The van der Waals surface area contributed by atoms with Gasteiger partial charge in [-0.05, 0) is 30.3 Å². The fourth-order valence-electron chi connectivity index (χ4n) is 2.60. The van der Waals surface area contributed by atoms with Crippen LogP contribution in [0.5, 0.6) is 5.88 Å². The van der Waals surface area contributed by atoms with E-state index in [2.05, 4.69) is 30.6 Å². The second kappa shape index (κ2) is 8.17.